The summed E-state index contributed by atoms with van der Waals surface area (Å²) in [6.45, 7) is 10.3. The zero-order chi connectivity index (χ0) is 10.4. The molecule has 0 aliphatic rings. The molecule has 13 heavy (non-hydrogen) atoms. The maximum atomic E-state index is 5.18. The second-order valence-corrected chi connectivity index (χ2v) is 2.91. The molecule has 0 saturated heterocycles. The molecule has 0 aliphatic heterocycles. The number of hydrogen-bond acceptors (Lipinski definition) is 1. The standard InChI is InChI=1S/C10H14O.C2H6/c1-7-5-9(3)10(11-4)6-8(7)2;1-2/h5-6H,1-4H3;1-2H3. The lowest BCUT2D eigenvalue weighted by atomic mass is 10.1. The number of methoxy groups -OCH3 is 1. The van der Waals surface area contributed by atoms with Crippen LogP contribution in [0.5, 0.6) is 5.75 Å². The highest BCUT2D eigenvalue weighted by molar-refractivity contribution is 5.40. The van der Waals surface area contributed by atoms with Gasteiger partial charge in [0, 0.05) is 0 Å². The summed E-state index contributed by atoms with van der Waals surface area (Å²) in [5.41, 5.74) is 3.81. The fourth-order valence-electron chi connectivity index (χ4n) is 1.15. The van der Waals surface area contributed by atoms with E-state index in [9.17, 15) is 0 Å². The minimum absolute atomic E-state index is 0.980. The van der Waals surface area contributed by atoms with Gasteiger partial charge in [0.2, 0.25) is 0 Å². The highest BCUT2D eigenvalue weighted by Gasteiger charge is 1.99. The summed E-state index contributed by atoms with van der Waals surface area (Å²) < 4.78 is 5.18. The van der Waals surface area contributed by atoms with E-state index < -0.39 is 0 Å². The first kappa shape index (κ1) is 12.0. The van der Waals surface area contributed by atoms with Crippen molar-refractivity contribution < 1.29 is 4.74 Å². The molecule has 0 atom stereocenters. The molecule has 0 radical (unpaired) electrons. The Morgan fingerprint density at radius 1 is 0.846 bits per heavy atom. The Labute approximate surface area is 81.7 Å². The van der Waals surface area contributed by atoms with Crippen LogP contribution in [0.3, 0.4) is 0 Å². The van der Waals surface area contributed by atoms with Gasteiger partial charge in [0.1, 0.15) is 5.75 Å². The van der Waals surface area contributed by atoms with Gasteiger partial charge in [0.05, 0.1) is 7.11 Å². The minimum atomic E-state index is 0.980. The van der Waals surface area contributed by atoms with Crippen molar-refractivity contribution >= 4 is 0 Å². The molecule has 1 aromatic rings. The van der Waals surface area contributed by atoms with Gasteiger partial charge in [-0.05, 0) is 43.5 Å². The SMILES string of the molecule is CC.COc1cc(C)c(C)cc1C. The van der Waals surface area contributed by atoms with Gasteiger partial charge in [0.25, 0.3) is 0 Å². The van der Waals surface area contributed by atoms with E-state index in [1.54, 1.807) is 7.11 Å². The van der Waals surface area contributed by atoms with E-state index in [-0.39, 0.29) is 0 Å². The van der Waals surface area contributed by atoms with Crippen molar-refractivity contribution in [2.24, 2.45) is 0 Å². The second kappa shape index (κ2) is 5.63. The van der Waals surface area contributed by atoms with Gasteiger partial charge >= 0.3 is 0 Å². The molecule has 0 spiro atoms. The van der Waals surface area contributed by atoms with Crippen LogP contribution in [0.15, 0.2) is 12.1 Å². The van der Waals surface area contributed by atoms with Gasteiger partial charge in [-0.2, -0.15) is 0 Å². The normalized spacial score (nSPS) is 8.77. The van der Waals surface area contributed by atoms with E-state index in [4.69, 9.17) is 4.74 Å². The summed E-state index contributed by atoms with van der Waals surface area (Å²) in [6.07, 6.45) is 0. The molecule has 1 aromatic carbocycles. The van der Waals surface area contributed by atoms with Crippen molar-refractivity contribution in [3.8, 4) is 5.75 Å². The number of benzene rings is 1. The number of aryl methyl sites for hydroxylation is 3. The van der Waals surface area contributed by atoms with Crippen molar-refractivity contribution in [2.75, 3.05) is 7.11 Å². The largest absolute Gasteiger partial charge is 0.496 e. The fourth-order valence-corrected chi connectivity index (χ4v) is 1.15. The van der Waals surface area contributed by atoms with Gasteiger partial charge in [-0.1, -0.05) is 19.9 Å². The lowest BCUT2D eigenvalue weighted by molar-refractivity contribution is 0.411. The van der Waals surface area contributed by atoms with Gasteiger partial charge in [-0.15, -0.1) is 0 Å². The van der Waals surface area contributed by atoms with Crippen LogP contribution in [0.4, 0.5) is 0 Å². The van der Waals surface area contributed by atoms with E-state index in [1.165, 1.54) is 16.7 Å². The molecule has 0 N–H and O–H groups in total. The molecule has 74 valence electrons. The van der Waals surface area contributed by atoms with Gasteiger partial charge in [0.15, 0.2) is 0 Å². The molecule has 0 aromatic heterocycles. The molecule has 0 fully saturated rings. The second-order valence-electron chi connectivity index (χ2n) is 2.91. The summed E-state index contributed by atoms with van der Waals surface area (Å²) in [7, 11) is 1.71. The Bertz CT molecular complexity index is 264. The third-order valence-corrected chi connectivity index (χ3v) is 2.01. The summed E-state index contributed by atoms with van der Waals surface area (Å²) in [5, 5.41) is 0. The van der Waals surface area contributed by atoms with E-state index in [0.29, 0.717) is 0 Å². The molecule has 1 rings (SSSR count). The molecule has 0 bridgehead atoms. The van der Waals surface area contributed by atoms with Crippen molar-refractivity contribution in [3.63, 3.8) is 0 Å². The average Bonchev–Trinajstić information content (AvgIpc) is 2.15. The lowest BCUT2D eigenvalue weighted by Crippen LogP contribution is -1.90. The van der Waals surface area contributed by atoms with Crippen LogP contribution in [0.2, 0.25) is 0 Å². The van der Waals surface area contributed by atoms with E-state index in [2.05, 4.69) is 32.9 Å². The first-order valence-corrected chi connectivity index (χ1v) is 4.77. The smallest absolute Gasteiger partial charge is 0.122 e. The van der Waals surface area contributed by atoms with Gasteiger partial charge in [-0.25, -0.2) is 0 Å². The average molecular weight is 180 g/mol. The topological polar surface area (TPSA) is 9.23 Å². The maximum absolute atomic E-state index is 5.18. The Kier molecular flexibility index (Phi) is 5.20. The fraction of sp³-hybridized carbons (Fsp3) is 0.500. The van der Waals surface area contributed by atoms with Gasteiger partial charge < -0.3 is 4.74 Å². The van der Waals surface area contributed by atoms with E-state index in [1.807, 2.05) is 13.8 Å². The predicted molar refractivity (Wildman–Crippen MR) is 58.6 cm³/mol. The Morgan fingerprint density at radius 3 is 1.77 bits per heavy atom. The van der Waals surface area contributed by atoms with Crippen LogP contribution < -0.4 is 4.74 Å². The molecule has 0 aliphatic carbocycles. The van der Waals surface area contributed by atoms with Gasteiger partial charge in [-0.3, -0.25) is 0 Å². The summed E-state index contributed by atoms with van der Waals surface area (Å²) >= 11 is 0. The molecule has 1 heteroatoms. The van der Waals surface area contributed by atoms with Crippen LogP contribution in [0, 0.1) is 20.8 Å². The molecule has 0 saturated carbocycles. The van der Waals surface area contributed by atoms with Crippen LogP contribution in [-0.2, 0) is 0 Å². The van der Waals surface area contributed by atoms with Crippen LogP contribution in [0.1, 0.15) is 30.5 Å². The van der Waals surface area contributed by atoms with E-state index >= 15 is 0 Å². The van der Waals surface area contributed by atoms with Crippen molar-refractivity contribution in [1.29, 1.82) is 0 Å². The number of hydrogen-bond donors (Lipinski definition) is 0. The molecular weight excluding hydrogens is 160 g/mol. The minimum Gasteiger partial charge on any atom is -0.496 e. The van der Waals surface area contributed by atoms with Crippen LogP contribution >= 0.6 is 0 Å². The summed E-state index contributed by atoms with van der Waals surface area (Å²) in [5.74, 6) is 0.980. The zero-order valence-corrected chi connectivity index (χ0v) is 9.56. The highest BCUT2D eigenvalue weighted by Crippen LogP contribution is 2.21. The molecular formula is C12H20O. The monoisotopic (exact) mass is 180 g/mol. The first-order valence-electron chi connectivity index (χ1n) is 4.77. The molecule has 0 heterocycles. The third-order valence-electron chi connectivity index (χ3n) is 2.01. The Balaban J connectivity index is 0.000000671. The Morgan fingerprint density at radius 2 is 1.31 bits per heavy atom. The molecule has 1 nitrogen and oxygen atoms in total. The Hall–Kier alpha value is -0.980. The third kappa shape index (κ3) is 3.10. The van der Waals surface area contributed by atoms with Crippen molar-refractivity contribution in [2.45, 2.75) is 34.6 Å². The van der Waals surface area contributed by atoms with Crippen molar-refractivity contribution in [3.05, 3.63) is 28.8 Å². The number of rotatable bonds is 1. The summed E-state index contributed by atoms with van der Waals surface area (Å²) in [4.78, 5) is 0. The van der Waals surface area contributed by atoms with Crippen LogP contribution in [0.25, 0.3) is 0 Å². The zero-order valence-electron chi connectivity index (χ0n) is 9.56. The quantitative estimate of drug-likeness (QED) is 0.641. The maximum Gasteiger partial charge on any atom is 0.122 e. The van der Waals surface area contributed by atoms with E-state index in [0.717, 1.165) is 5.75 Å². The number of ether oxygens (including phenoxy) is 1. The lowest BCUT2D eigenvalue weighted by Gasteiger charge is -2.07. The summed E-state index contributed by atoms with van der Waals surface area (Å²) in [6, 6.07) is 4.22. The first-order chi connectivity index (χ1) is 6.15. The van der Waals surface area contributed by atoms with Crippen LogP contribution in [-0.4, -0.2) is 7.11 Å². The molecule has 0 unspecified atom stereocenters. The van der Waals surface area contributed by atoms with Crippen molar-refractivity contribution in [1.82, 2.24) is 0 Å². The highest BCUT2D eigenvalue weighted by atomic mass is 16.5. The molecule has 0 amide bonds. The predicted octanol–water partition coefficient (Wildman–Crippen LogP) is 3.65.